The highest BCUT2D eigenvalue weighted by atomic mass is 15.1. The molecule has 1 aliphatic carbocycles. The molecule has 0 radical (unpaired) electrons. The van der Waals surface area contributed by atoms with Gasteiger partial charge >= 0.3 is 0 Å². The fourth-order valence-electron chi connectivity index (χ4n) is 4.79. The van der Waals surface area contributed by atoms with Crippen molar-refractivity contribution in [3.63, 3.8) is 0 Å². The van der Waals surface area contributed by atoms with Crippen LogP contribution < -0.4 is 4.90 Å². The zero-order valence-electron chi connectivity index (χ0n) is 19.0. The van der Waals surface area contributed by atoms with E-state index in [1.807, 2.05) is 18.2 Å². The molecule has 0 amide bonds. The molecule has 5 rings (SSSR count). The van der Waals surface area contributed by atoms with Crippen LogP contribution in [0.25, 0.3) is 38.5 Å². The van der Waals surface area contributed by atoms with Crippen molar-refractivity contribution in [2.45, 2.75) is 12.8 Å². The lowest BCUT2D eigenvalue weighted by Crippen LogP contribution is -2.18. The van der Waals surface area contributed by atoms with Gasteiger partial charge in [-0.3, -0.25) is 0 Å². The van der Waals surface area contributed by atoms with Crippen molar-refractivity contribution in [3.8, 4) is 11.1 Å². The summed E-state index contributed by atoms with van der Waals surface area (Å²) in [5.74, 6) is 0. The number of fused-ring (bicyclic) bond motifs is 3. The van der Waals surface area contributed by atoms with Crippen molar-refractivity contribution in [2.75, 3.05) is 11.9 Å². The van der Waals surface area contributed by atoms with E-state index in [-0.39, 0.29) is 0 Å². The van der Waals surface area contributed by atoms with Crippen LogP contribution in [0, 0.1) is 0 Å². The number of allylic oxidation sites excluding steroid dienone is 8. The first-order chi connectivity index (χ1) is 16.2. The molecule has 0 atom stereocenters. The average molecular weight is 429 g/mol. The molecule has 0 fully saturated rings. The van der Waals surface area contributed by atoms with Crippen LogP contribution in [-0.2, 0) is 0 Å². The molecule has 0 saturated heterocycles. The van der Waals surface area contributed by atoms with Crippen molar-refractivity contribution in [1.29, 1.82) is 0 Å². The summed E-state index contributed by atoms with van der Waals surface area (Å²) >= 11 is 0. The Balaban J connectivity index is 1.73. The first kappa shape index (κ1) is 20.8. The Morgan fingerprint density at radius 1 is 1.00 bits per heavy atom. The van der Waals surface area contributed by atoms with Gasteiger partial charge in [0.1, 0.15) is 0 Å². The molecule has 162 valence electrons. The minimum absolute atomic E-state index is 1.04. The number of nitrogens with one attached hydrogen (secondary N) is 1. The number of para-hydroxylation sites is 1. The van der Waals surface area contributed by atoms with Gasteiger partial charge < -0.3 is 9.88 Å². The highest BCUT2D eigenvalue weighted by Crippen LogP contribution is 2.39. The molecule has 0 saturated carbocycles. The van der Waals surface area contributed by atoms with Gasteiger partial charge in [-0.25, -0.2) is 0 Å². The van der Waals surface area contributed by atoms with Gasteiger partial charge in [0.15, 0.2) is 0 Å². The third kappa shape index (κ3) is 3.74. The minimum Gasteiger partial charge on any atom is -0.354 e. The Bertz CT molecular complexity index is 1460. The van der Waals surface area contributed by atoms with Crippen molar-refractivity contribution < 1.29 is 0 Å². The molecule has 1 aliphatic rings. The SMILES string of the molecule is C=C/C=C(\C=C)c1cc(-c2cccc3[nH]c4ccccc4c23)ccc1N(C)C1=CC=CCC1. The van der Waals surface area contributed by atoms with Crippen LogP contribution in [-0.4, -0.2) is 12.0 Å². The molecule has 1 N–H and O–H groups in total. The maximum atomic E-state index is 4.09. The summed E-state index contributed by atoms with van der Waals surface area (Å²) in [5.41, 5.74) is 9.41. The van der Waals surface area contributed by atoms with Gasteiger partial charge in [0.05, 0.1) is 0 Å². The van der Waals surface area contributed by atoms with Crippen LogP contribution in [0.15, 0.2) is 116 Å². The second kappa shape index (κ2) is 8.84. The predicted octanol–water partition coefficient (Wildman–Crippen LogP) is 8.41. The molecule has 4 aromatic rings. The Hall–Kier alpha value is -4.04. The number of nitrogens with zero attached hydrogens (tertiary/aromatic N) is 1. The lowest BCUT2D eigenvalue weighted by Gasteiger charge is -2.27. The summed E-state index contributed by atoms with van der Waals surface area (Å²) in [6.07, 6.45) is 14.5. The molecule has 0 aliphatic heterocycles. The predicted molar refractivity (Wildman–Crippen MR) is 144 cm³/mol. The van der Waals surface area contributed by atoms with Crippen LogP contribution in [0.5, 0.6) is 0 Å². The number of aromatic nitrogens is 1. The molecule has 3 aromatic carbocycles. The van der Waals surface area contributed by atoms with Crippen molar-refractivity contribution in [1.82, 2.24) is 4.98 Å². The van der Waals surface area contributed by atoms with Gasteiger partial charge in [-0.15, -0.1) is 0 Å². The molecular weight excluding hydrogens is 400 g/mol. The molecule has 33 heavy (non-hydrogen) atoms. The summed E-state index contributed by atoms with van der Waals surface area (Å²) in [7, 11) is 2.15. The van der Waals surface area contributed by atoms with Crippen molar-refractivity contribution >= 4 is 33.1 Å². The Morgan fingerprint density at radius 2 is 1.85 bits per heavy atom. The number of hydrogen-bond donors (Lipinski definition) is 1. The van der Waals surface area contributed by atoms with Crippen LogP contribution in [0.4, 0.5) is 5.69 Å². The van der Waals surface area contributed by atoms with Gasteiger partial charge in [-0.2, -0.15) is 0 Å². The Labute approximate surface area is 195 Å². The molecular formula is C31H28N2. The van der Waals surface area contributed by atoms with Gasteiger partial charge in [-0.1, -0.05) is 79.9 Å². The highest BCUT2D eigenvalue weighted by molar-refractivity contribution is 6.14. The normalized spacial score (nSPS) is 13.8. The van der Waals surface area contributed by atoms with E-state index < -0.39 is 0 Å². The van der Waals surface area contributed by atoms with E-state index in [0.29, 0.717) is 0 Å². The summed E-state index contributed by atoms with van der Waals surface area (Å²) in [4.78, 5) is 5.87. The van der Waals surface area contributed by atoms with Gasteiger partial charge in [0.25, 0.3) is 0 Å². The maximum absolute atomic E-state index is 4.09. The van der Waals surface area contributed by atoms with Crippen molar-refractivity contribution in [3.05, 3.63) is 122 Å². The zero-order valence-corrected chi connectivity index (χ0v) is 19.0. The number of H-pyrrole nitrogens is 1. The molecule has 1 heterocycles. The van der Waals surface area contributed by atoms with Crippen LogP contribution in [0.1, 0.15) is 18.4 Å². The van der Waals surface area contributed by atoms with Crippen LogP contribution in [0.2, 0.25) is 0 Å². The number of hydrogen-bond acceptors (Lipinski definition) is 1. The molecule has 0 spiro atoms. The lowest BCUT2D eigenvalue weighted by atomic mass is 9.93. The van der Waals surface area contributed by atoms with E-state index in [0.717, 1.165) is 35.0 Å². The lowest BCUT2D eigenvalue weighted by molar-refractivity contribution is 0.895. The van der Waals surface area contributed by atoms with Crippen LogP contribution in [0.3, 0.4) is 0 Å². The van der Waals surface area contributed by atoms with Gasteiger partial charge in [0.2, 0.25) is 0 Å². The maximum Gasteiger partial charge on any atom is 0.0485 e. The zero-order chi connectivity index (χ0) is 22.8. The molecule has 0 bridgehead atoms. The van der Waals surface area contributed by atoms with Crippen LogP contribution >= 0.6 is 0 Å². The third-order valence-corrected chi connectivity index (χ3v) is 6.45. The number of aromatic amines is 1. The largest absolute Gasteiger partial charge is 0.354 e. The number of anilines is 1. The number of benzene rings is 3. The van der Waals surface area contributed by atoms with E-state index in [4.69, 9.17) is 0 Å². The Morgan fingerprint density at radius 3 is 2.64 bits per heavy atom. The monoisotopic (exact) mass is 428 g/mol. The second-order valence-electron chi connectivity index (χ2n) is 8.38. The topological polar surface area (TPSA) is 19.0 Å². The Kier molecular flexibility index (Phi) is 5.58. The molecule has 1 aromatic heterocycles. The quantitative estimate of drug-likeness (QED) is 0.305. The van der Waals surface area contributed by atoms with Gasteiger partial charge in [0, 0.05) is 45.8 Å². The second-order valence-corrected chi connectivity index (χ2v) is 8.38. The summed E-state index contributed by atoms with van der Waals surface area (Å²) in [6, 6.07) is 21.8. The first-order valence-electron chi connectivity index (χ1n) is 11.4. The average Bonchev–Trinajstić information content (AvgIpc) is 3.26. The van der Waals surface area contributed by atoms with E-state index in [2.05, 4.69) is 109 Å². The van der Waals surface area contributed by atoms with Gasteiger partial charge in [-0.05, 0) is 59.9 Å². The van der Waals surface area contributed by atoms with Crippen molar-refractivity contribution in [2.24, 2.45) is 0 Å². The number of rotatable bonds is 6. The van der Waals surface area contributed by atoms with E-state index in [9.17, 15) is 0 Å². The van der Waals surface area contributed by atoms with E-state index >= 15 is 0 Å². The first-order valence-corrected chi connectivity index (χ1v) is 11.4. The molecule has 2 heteroatoms. The summed E-state index contributed by atoms with van der Waals surface area (Å²) in [5, 5.41) is 2.50. The standard InChI is InChI=1S/C31H28N2/c1-4-12-22(5-2)27-21-23(19-20-30(27)33(3)24-13-7-6-8-14-24)25-16-11-18-29-31(25)26-15-9-10-17-28(26)32-29/h4-7,9-13,15-21,32H,1-2,8,14H2,3H3/b22-12+. The summed E-state index contributed by atoms with van der Waals surface area (Å²) < 4.78 is 0. The highest BCUT2D eigenvalue weighted by Gasteiger charge is 2.17. The minimum atomic E-state index is 1.04. The smallest absolute Gasteiger partial charge is 0.0485 e. The van der Waals surface area contributed by atoms with E-state index in [1.165, 1.54) is 33.3 Å². The molecule has 0 unspecified atom stereocenters. The van der Waals surface area contributed by atoms with E-state index in [1.54, 1.807) is 0 Å². The summed E-state index contributed by atoms with van der Waals surface area (Å²) in [6.45, 7) is 8.01. The molecule has 2 nitrogen and oxygen atoms in total. The fraction of sp³-hybridized carbons (Fsp3) is 0.0968. The third-order valence-electron chi connectivity index (χ3n) is 6.45. The fourth-order valence-corrected chi connectivity index (χ4v) is 4.79.